The highest BCUT2D eigenvalue weighted by Crippen LogP contribution is 2.21. The van der Waals surface area contributed by atoms with Crippen molar-refractivity contribution in [3.05, 3.63) is 76.2 Å². The molecule has 1 saturated carbocycles. The van der Waals surface area contributed by atoms with Crippen LogP contribution < -0.4 is 15.6 Å². The molecule has 0 spiro atoms. The lowest BCUT2D eigenvalue weighted by atomic mass is 10.1. The van der Waals surface area contributed by atoms with E-state index in [1.54, 1.807) is 40.6 Å². The standard InChI is InChI=1S/C24H24N4O3/c1-31-19-9-6-16(7-10-19)15-27-22-14-17(23(29)26-18-4-2-3-5-18)8-11-20(22)28-21(24(27)30)12-13-25-28/h6-14,18H,2-5,15H2,1H3,(H,26,29). The number of nitrogens with one attached hydrogen (secondary N) is 1. The van der Waals surface area contributed by atoms with Crippen LogP contribution in [0.25, 0.3) is 16.6 Å². The average Bonchev–Trinajstić information content (AvgIpc) is 3.49. The van der Waals surface area contributed by atoms with E-state index in [0.717, 1.165) is 42.5 Å². The van der Waals surface area contributed by atoms with Crippen molar-refractivity contribution >= 4 is 22.5 Å². The van der Waals surface area contributed by atoms with Crippen molar-refractivity contribution < 1.29 is 9.53 Å². The maximum atomic E-state index is 13.3. The summed E-state index contributed by atoms with van der Waals surface area (Å²) in [4.78, 5) is 26.1. The first-order valence-electron chi connectivity index (χ1n) is 10.6. The molecule has 5 rings (SSSR count). The molecule has 158 valence electrons. The number of rotatable bonds is 5. The SMILES string of the molecule is COc1ccc(Cn2c(=O)c3ccnn3c3ccc(C(=O)NC4CCCC4)cc32)cc1. The van der Waals surface area contributed by atoms with Crippen molar-refractivity contribution in [3.63, 3.8) is 0 Å². The Morgan fingerprint density at radius 2 is 1.84 bits per heavy atom. The van der Waals surface area contributed by atoms with Crippen molar-refractivity contribution in [1.82, 2.24) is 19.5 Å². The molecule has 1 fully saturated rings. The molecule has 7 heteroatoms. The highest BCUT2D eigenvalue weighted by Gasteiger charge is 2.19. The minimum atomic E-state index is -0.144. The van der Waals surface area contributed by atoms with E-state index in [-0.39, 0.29) is 17.5 Å². The average molecular weight is 416 g/mol. The van der Waals surface area contributed by atoms with Crippen LogP contribution in [0.15, 0.2) is 59.5 Å². The van der Waals surface area contributed by atoms with Gasteiger partial charge in [-0.25, -0.2) is 4.52 Å². The van der Waals surface area contributed by atoms with Gasteiger partial charge in [-0.3, -0.25) is 9.59 Å². The van der Waals surface area contributed by atoms with E-state index in [1.165, 1.54) is 0 Å². The Hall–Kier alpha value is -3.61. The van der Waals surface area contributed by atoms with Crippen LogP contribution in [0.2, 0.25) is 0 Å². The van der Waals surface area contributed by atoms with Crippen molar-refractivity contribution in [2.75, 3.05) is 7.11 Å². The summed E-state index contributed by atoms with van der Waals surface area (Å²) in [6.45, 7) is 0.384. The second kappa shape index (κ2) is 7.91. The van der Waals surface area contributed by atoms with Crippen molar-refractivity contribution in [3.8, 4) is 5.75 Å². The fraction of sp³-hybridized carbons (Fsp3) is 0.292. The Kier molecular flexibility index (Phi) is 4.94. The summed E-state index contributed by atoms with van der Waals surface area (Å²) in [7, 11) is 1.62. The molecule has 2 aromatic heterocycles. The topological polar surface area (TPSA) is 77.6 Å². The lowest BCUT2D eigenvalue weighted by Crippen LogP contribution is -2.32. The number of methoxy groups -OCH3 is 1. The summed E-state index contributed by atoms with van der Waals surface area (Å²) >= 11 is 0. The summed E-state index contributed by atoms with van der Waals surface area (Å²) in [6, 6.07) is 15.0. The number of hydrogen-bond donors (Lipinski definition) is 1. The maximum Gasteiger partial charge on any atom is 0.277 e. The Bertz CT molecular complexity index is 1310. The smallest absolute Gasteiger partial charge is 0.277 e. The fourth-order valence-electron chi connectivity index (χ4n) is 4.37. The number of amides is 1. The molecule has 31 heavy (non-hydrogen) atoms. The van der Waals surface area contributed by atoms with E-state index in [0.29, 0.717) is 23.1 Å². The molecule has 0 unspecified atom stereocenters. The molecule has 1 amide bonds. The third-order valence-corrected chi connectivity index (χ3v) is 6.05. The summed E-state index contributed by atoms with van der Waals surface area (Å²) < 4.78 is 8.58. The van der Waals surface area contributed by atoms with Crippen molar-refractivity contribution in [1.29, 1.82) is 0 Å². The molecule has 0 bridgehead atoms. The van der Waals surface area contributed by atoms with Crippen molar-refractivity contribution in [2.45, 2.75) is 38.3 Å². The second-order valence-corrected chi connectivity index (χ2v) is 8.03. The second-order valence-electron chi connectivity index (χ2n) is 8.03. The monoisotopic (exact) mass is 416 g/mol. The molecule has 4 aromatic rings. The van der Waals surface area contributed by atoms with Crippen LogP contribution in [0.5, 0.6) is 5.75 Å². The number of carbonyl (C=O) groups excluding carboxylic acids is 1. The van der Waals surface area contributed by atoms with Gasteiger partial charge in [-0.15, -0.1) is 0 Å². The zero-order chi connectivity index (χ0) is 21.4. The summed E-state index contributed by atoms with van der Waals surface area (Å²) in [6.07, 6.45) is 5.97. The van der Waals surface area contributed by atoms with Crippen LogP contribution in [0.4, 0.5) is 0 Å². The normalized spacial score (nSPS) is 14.4. The van der Waals surface area contributed by atoms with Gasteiger partial charge in [0.1, 0.15) is 11.3 Å². The van der Waals surface area contributed by atoms with Gasteiger partial charge >= 0.3 is 0 Å². The Morgan fingerprint density at radius 1 is 1.06 bits per heavy atom. The van der Waals surface area contributed by atoms with Gasteiger partial charge in [0.25, 0.3) is 11.5 Å². The number of nitrogens with zero attached hydrogens (tertiary/aromatic N) is 3. The van der Waals surface area contributed by atoms with E-state index in [2.05, 4.69) is 10.4 Å². The lowest BCUT2D eigenvalue weighted by Gasteiger charge is -2.15. The van der Waals surface area contributed by atoms with Gasteiger partial charge in [0.05, 0.1) is 30.9 Å². The zero-order valence-corrected chi connectivity index (χ0v) is 17.4. The highest BCUT2D eigenvalue weighted by atomic mass is 16.5. The number of carbonyl (C=O) groups is 1. The molecule has 0 aliphatic heterocycles. The van der Waals surface area contributed by atoms with Crippen LogP contribution in [0, 0.1) is 0 Å². The predicted molar refractivity (Wildman–Crippen MR) is 119 cm³/mol. The van der Waals surface area contributed by atoms with E-state index in [9.17, 15) is 9.59 Å². The largest absolute Gasteiger partial charge is 0.497 e. The number of ether oxygens (including phenoxy) is 1. The minimum absolute atomic E-state index is 0.0993. The van der Waals surface area contributed by atoms with Gasteiger partial charge in [-0.2, -0.15) is 5.10 Å². The maximum absolute atomic E-state index is 13.3. The molecular formula is C24H24N4O3. The predicted octanol–water partition coefficient (Wildman–Crippen LogP) is 3.38. The highest BCUT2D eigenvalue weighted by molar-refractivity contribution is 5.97. The Balaban J connectivity index is 1.60. The summed E-state index contributed by atoms with van der Waals surface area (Å²) in [5.41, 5.74) is 3.34. The van der Waals surface area contributed by atoms with Gasteiger partial charge in [0.2, 0.25) is 0 Å². The number of fused-ring (bicyclic) bond motifs is 3. The summed E-state index contributed by atoms with van der Waals surface area (Å²) in [5, 5.41) is 7.45. The van der Waals surface area contributed by atoms with Gasteiger partial charge in [0.15, 0.2) is 0 Å². The van der Waals surface area contributed by atoms with E-state index < -0.39 is 0 Å². The minimum Gasteiger partial charge on any atom is -0.497 e. The lowest BCUT2D eigenvalue weighted by molar-refractivity contribution is 0.0938. The van der Waals surface area contributed by atoms with Gasteiger partial charge in [-0.05, 0) is 54.8 Å². The Morgan fingerprint density at radius 3 is 2.58 bits per heavy atom. The molecule has 1 aliphatic rings. The van der Waals surface area contributed by atoms with Crippen molar-refractivity contribution in [2.24, 2.45) is 0 Å². The zero-order valence-electron chi connectivity index (χ0n) is 17.4. The number of aromatic nitrogens is 3. The van der Waals surface area contributed by atoms with Crippen LogP contribution in [-0.4, -0.2) is 33.2 Å². The number of hydrogen-bond acceptors (Lipinski definition) is 4. The quantitative estimate of drug-likeness (QED) is 0.541. The molecule has 1 N–H and O–H groups in total. The Labute approximate surface area is 179 Å². The molecule has 7 nitrogen and oxygen atoms in total. The van der Waals surface area contributed by atoms with Gasteiger partial charge in [0, 0.05) is 11.6 Å². The third kappa shape index (κ3) is 3.56. The van der Waals surface area contributed by atoms with Crippen LogP contribution >= 0.6 is 0 Å². The van der Waals surface area contributed by atoms with Crippen LogP contribution in [0.1, 0.15) is 41.6 Å². The van der Waals surface area contributed by atoms with Gasteiger partial charge < -0.3 is 14.6 Å². The first-order valence-corrected chi connectivity index (χ1v) is 10.6. The first-order chi connectivity index (χ1) is 15.1. The van der Waals surface area contributed by atoms with Crippen LogP contribution in [0.3, 0.4) is 0 Å². The molecule has 0 atom stereocenters. The molecule has 1 aliphatic carbocycles. The third-order valence-electron chi connectivity index (χ3n) is 6.05. The van der Waals surface area contributed by atoms with Crippen LogP contribution in [-0.2, 0) is 6.54 Å². The fourth-order valence-corrected chi connectivity index (χ4v) is 4.37. The molecular weight excluding hydrogens is 392 g/mol. The first kappa shape index (κ1) is 19.4. The molecule has 0 saturated heterocycles. The molecule has 2 heterocycles. The van der Waals surface area contributed by atoms with E-state index in [1.807, 2.05) is 30.3 Å². The molecule has 2 aromatic carbocycles. The van der Waals surface area contributed by atoms with E-state index >= 15 is 0 Å². The molecule has 0 radical (unpaired) electrons. The summed E-state index contributed by atoms with van der Waals surface area (Å²) in [5.74, 6) is 0.663. The van der Waals surface area contributed by atoms with E-state index in [4.69, 9.17) is 4.74 Å². The van der Waals surface area contributed by atoms with Gasteiger partial charge in [-0.1, -0.05) is 25.0 Å². The number of benzene rings is 2.